The lowest BCUT2D eigenvalue weighted by molar-refractivity contribution is -0.141. The van der Waals surface area contributed by atoms with E-state index in [1.165, 1.54) is 17.0 Å². The highest BCUT2D eigenvalue weighted by Gasteiger charge is 2.36. The Bertz CT molecular complexity index is 1160. The summed E-state index contributed by atoms with van der Waals surface area (Å²) >= 11 is 0. The molecule has 3 N–H and O–H groups in total. The van der Waals surface area contributed by atoms with Gasteiger partial charge < -0.3 is 25.4 Å². The van der Waals surface area contributed by atoms with E-state index in [9.17, 15) is 24.8 Å². The van der Waals surface area contributed by atoms with Crippen LogP contribution < -0.4 is 10.6 Å². The quantitative estimate of drug-likeness (QED) is 0.287. The van der Waals surface area contributed by atoms with Gasteiger partial charge in [-0.25, -0.2) is 4.79 Å². The van der Waals surface area contributed by atoms with Crippen LogP contribution in [0.2, 0.25) is 0 Å². The number of ether oxygens (including phenoxy) is 1. The van der Waals surface area contributed by atoms with E-state index in [1.807, 2.05) is 45.0 Å². The number of benzene rings is 2. The van der Waals surface area contributed by atoms with E-state index < -0.39 is 35.6 Å². The van der Waals surface area contributed by atoms with E-state index in [-0.39, 0.29) is 18.7 Å². The zero-order valence-electron chi connectivity index (χ0n) is 23.7. The summed E-state index contributed by atoms with van der Waals surface area (Å²) in [6, 6.07) is 11.6. The van der Waals surface area contributed by atoms with Gasteiger partial charge in [0.05, 0.1) is 6.07 Å². The molecule has 0 bridgehead atoms. The van der Waals surface area contributed by atoms with E-state index in [2.05, 4.69) is 10.6 Å². The van der Waals surface area contributed by atoms with Gasteiger partial charge in [-0.15, -0.1) is 0 Å². The van der Waals surface area contributed by atoms with Crippen LogP contribution in [0.4, 0.5) is 4.79 Å². The number of amides is 3. The molecule has 0 aliphatic heterocycles. The second kappa shape index (κ2) is 14.2. The number of nitriles is 1. The van der Waals surface area contributed by atoms with Crippen molar-refractivity contribution in [1.82, 2.24) is 15.5 Å². The lowest BCUT2D eigenvalue weighted by atomic mass is 9.97. The van der Waals surface area contributed by atoms with Crippen LogP contribution in [-0.4, -0.2) is 52.6 Å². The van der Waals surface area contributed by atoms with Crippen LogP contribution in [0.1, 0.15) is 68.8 Å². The molecule has 9 heteroatoms. The van der Waals surface area contributed by atoms with Gasteiger partial charge in [-0.05, 0) is 64.3 Å². The summed E-state index contributed by atoms with van der Waals surface area (Å²) in [5.41, 5.74) is 2.25. The van der Waals surface area contributed by atoms with Gasteiger partial charge in [0.15, 0.2) is 0 Å². The molecule has 0 spiro atoms. The van der Waals surface area contributed by atoms with E-state index in [1.54, 1.807) is 32.9 Å². The Morgan fingerprint density at radius 1 is 1.08 bits per heavy atom. The highest BCUT2D eigenvalue weighted by atomic mass is 16.6. The fourth-order valence-electron chi connectivity index (χ4n) is 4.22. The molecule has 2 rings (SSSR count). The van der Waals surface area contributed by atoms with Gasteiger partial charge in [-0.1, -0.05) is 54.8 Å². The first kappa shape index (κ1) is 31.2. The second-order valence-electron chi connectivity index (χ2n) is 10.7. The van der Waals surface area contributed by atoms with E-state index in [0.717, 1.165) is 24.0 Å². The average molecular weight is 537 g/mol. The maximum Gasteiger partial charge on any atom is 0.408 e. The smallest absolute Gasteiger partial charge is 0.408 e. The number of hydrogen-bond donors (Lipinski definition) is 3. The van der Waals surface area contributed by atoms with Crippen molar-refractivity contribution < 1.29 is 24.2 Å². The fraction of sp³-hybridized carbons (Fsp3) is 0.467. The van der Waals surface area contributed by atoms with Crippen LogP contribution in [-0.2, 0) is 20.7 Å². The number of nitrogens with one attached hydrogen (secondary N) is 2. The molecule has 210 valence electrons. The standard InChI is InChI=1S/C30H40N4O5/c1-7-8-14-32-27(36)26(23-17-20(2)16-21(3)18-23)34(15-13-31)28(37)25(33-29(38)39-30(4,5)6)19-22-9-11-24(35)12-10-22/h9-12,16-18,25-26,35H,7-8,14-15,19H2,1-6H3,(H,32,36)(H,33,38). The molecule has 0 aromatic heterocycles. The average Bonchev–Trinajstić information content (AvgIpc) is 2.82. The second-order valence-corrected chi connectivity index (χ2v) is 10.7. The van der Waals surface area contributed by atoms with Gasteiger partial charge in [-0.2, -0.15) is 5.26 Å². The Labute approximate surface area is 231 Å². The van der Waals surface area contributed by atoms with Crippen molar-refractivity contribution in [2.45, 2.75) is 78.5 Å². The third-order valence-corrected chi connectivity index (χ3v) is 5.84. The van der Waals surface area contributed by atoms with Crippen LogP contribution in [0.25, 0.3) is 0 Å². The fourth-order valence-corrected chi connectivity index (χ4v) is 4.22. The summed E-state index contributed by atoms with van der Waals surface area (Å²) in [4.78, 5) is 41.6. The van der Waals surface area contributed by atoms with Gasteiger partial charge in [0, 0.05) is 13.0 Å². The van der Waals surface area contributed by atoms with Gasteiger partial charge in [-0.3, -0.25) is 9.59 Å². The maximum atomic E-state index is 14.1. The monoisotopic (exact) mass is 536 g/mol. The van der Waals surface area contributed by atoms with Crippen molar-refractivity contribution in [2.75, 3.05) is 13.1 Å². The zero-order chi connectivity index (χ0) is 29.2. The van der Waals surface area contributed by atoms with Crippen molar-refractivity contribution in [3.8, 4) is 11.8 Å². The number of aryl methyl sites for hydroxylation is 2. The van der Waals surface area contributed by atoms with Gasteiger partial charge in [0.1, 0.15) is 30.0 Å². The van der Waals surface area contributed by atoms with Crippen molar-refractivity contribution in [2.24, 2.45) is 0 Å². The molecular weight excluding hydrogens is 496 g/mol. The minimum absolute atomic E-state index is 0.0529. The molecule has 0 aliphatic rings. The number of nitrogens with zero attached hydrogens (tertiary/aromatic N) is 2. The number of aromatic hydroxyl groups is 1. The van der Waals surface area contributed by atoms with Crippen molar-refractivity contribution in [1.29, 1.82) is 5.26 Å². The summed E-state index contributed by atoms with van der Waals surface area (Å²) in [6.07, 6.45) is 0.898. The number of hydrogen-bond acceptors (Lipinski definition) is 6. The molecule has 0 saturated heterocycles. The van der Waals surface area contributed by atoms with Gasteiger partial charge >= 0.3 is 6.09 Å². The first-order valence-corrected chi connectivity index (χ1v) is 13.2. The third kappa shape index (κ3) is 9.97. The molecule has 2 atom stereocenters. The van der Waals surface area contributed by atoms with Gasteiger partial charge in [0.2, 0.25) is 11.8 Å². The maximum absolute atomic E-state index is 14.1. The molecule has 0 heterocycles. The number of unbranched alkanes of at least 4 members (excludes halogenated alkanes) is 1. The highest BCUT2D eigenvalue weighted by Crippen LogP contribution is 2.25. The molecule has 39 heavy (non-hydrogen) atoms. The molecule has 2 aromatic rings. The summed E-state index contributed by atoms with van der Waals surface area (Å²) in [5.74, 6) is -0.950. The lowest BCUT2D eigenvalue weighted by Gasteiger charge is -2.33. The summed E-state index contributed by atoms with van der Waals surface area (Å²) in [7, 11) is 0. The predicted molar refractivity (Wildman–Crippen MR) is 149 cm³/mol. The molecule has 2 aromatic carbocycles. The third-order valence-electron chi connectivity index (χ3n) is 5.84. The summed E-state index contributed by atoms with van der Waals surface area (Å²) < 4.78 is 5.40. The summed E-state index contributed by atoms with van der Waals surface area (Å²) in [5, 5.41) is 24.9. The Morgan fingerprint density at radius 3 is 2.23 bits per heavy atom. The van der Waals surface area contributed by atoms with E-state index in [4.69, 9.17) is 4.74 Å². The normalized spacial score (nSPS) is 12.5. The predicted octanol–water partition coefficient (Wildman–Crippen LogP) is 4.45. The van der Waals surface area contributed by atoms with Crippen molar-refractivity contribution in [3.05, 3.63) is 64.7 Å². The number of carbonyl (C=O) groups excluding carboxylic acids is 3. The molecule has 3 amide bonds. The van der Waals surface area contributed by atoms with Crippen molar-refractivity contribution in [3.63, 3.8) is 0 Å². The van der Waals surface area contributed by atoms with E-state index >= 15 is 0 Å². The first-order valence-electron chi connectivity index (χ1n) is 13.2. The number of phenols is 1. The van der Waals surface area contributed by atoms with Crippen LogP contribution in [0.3, 0.4) is 0 Å². The van der Waals surface area contributed by atoms with Crippen LogP contribution in [0.5, 0.6) is 5.75 Å². The Balaban J connectivity index is 2.54. The van der Waals surface area contributed by atoms with Crippen LogP contribution in [0, 0.1) is 25.2 Å². The van der Waals surface area contributed by atoms with Crippen molar-refractivity contribution >= 4 is 17.9 Å². The largest absolute Gasteiger partial charge is 0.508 e. The molecular formula is C30H40N4O5. The van der Waals surface area contributed by atoms with Crippen LogP contribution in [0.15, 0.2) is 42.5 Å². The number of rotatable bonds is 11. The van der Waals surface area contributed by atoms with E-state index in [0.29, 0.717) is 17.7 Å². The molecule has 0 fully saturated rings. The minimum Gasteiger partial charge on any atom is -0.508 e. The Kier molecular flexibility index (Phi) is 11.3. The summed E-state index contributed by atoms with van der Waals surface area (Å²) in [6.45, 7) is 11.0. The molecule has 0 saturated carbocycles. The number of phenolic OH excluding ortho intramolecular Hbond substituents is 1. The lowest BCUT2D eigenvalue weighted by Crippen LogP contribution is -2.54. The zero-order valence-corrected chi connectivity index (χ0v) is 23.7. The Hall–Kier alpha value is -4.06. The number of alkyl carbamates (subject to hydrolysis) is 1. The molecule has 0 aliphatic carbocycles. The van der Waals surface area contributed by atoms with Crippen LogP contribution >= 0.6 is 0 Å². The molecule has 2 unspecified atom stereocenters. The topological polar surface area (TPSA) is 132 Å². The minimum atomic E-state index is -1.14. The first-order chi connectivity index (χ1) is 18.3. The Morgan fingerprint density at radius 2 is 1.69 bits per heavy atom. The number of carbonyl (C=O) groups is 3. The van der Waals surface area contributed by atoms with Gasteiger partial charge in [0.25, 0.3) is 0 Å². The molecule has 0 radical (unpaired) electrons. The SMILES string of the molecule is CCCCNC(=O)C(c1cc(C)cc(C)c1)N(CC#N)C(=O)C(Cc1ccc(O)cc1)NC(=O)OC(C)(C)C. The molecule has 9 nitrogen and oxygen atoms in total. The highest BCUT2D eigenvalue weighted by molar-refractivity contribution is 5.92.